The van der Waals surface area contributed by atoms with Gasteiger partial charge in [0.15, 0.2) is 9.84 Å². The van der Waals surface area contributed by atoms with E-state index in [1.807, 2.05) is 0 Å². The standard InChI is InChI=1S/C9H18N2O5S2/c1-17(13,14)6-7-18(15,16)8-9(12)11-4-2-10-3-5-11/h10H,2-8H2,1H3. The number of piperazine rings is 1. The van der Waals surface area contributed by atoms with Crippen LogP contribution in [0.3, 0.4) is 0 Å². The van der Waals surface area contributed by atoms with Crippen LogP contribution in [0.1, 0.15) is 0 Å². The summed E-state index contributed by atoms with van der Waals surface area (Å²) in [6, 6.07) is 0. The van der Waals surface area contributed by atoms with Gasteiger partial charge in [-0.3, -0.25) is 4.79 Å². The summed E-state index contributed by atoms with van der Waals surface area (Å²) >= 11 is 0. The number of carbonyl (C=O) groups excluding carboxylic acids is 1. The van der Waals surface area contributed by atoms with Crippen molar-refractivity contribution in [2.45, 2.75) is 0 Å². The fourth-order valence-electron chi connectivity index (χ4n) is 1.54. The summed E-state index contributed by atoms with van der Waals surface area (Å²) in [4.78, 5) is 13.2. The summed E-state index contributed by atoms with van der Waals surface area (Å²) < 4.78 is 45.0. The molecule has 1 aliphatic heterocycles. The van der Waals surface area contributed by atoms with Crippen molar-refractivity contribution in [1.29, 1.82) is 0 Å². The topological polar surface area (TPSA) is 101 Å². The molecule has 0 aromatic heterocycles. The van der Waals surface area contributed by atoms with Gasteiger partial charge in [-0.2, -0.15) is 0 Å². The van der Waals surface area contributed by atoms with Crippen LogP contribution < -0.4 is 5.32 Å². The van der Waals surface area contributed by atoms with E-state index in [0.717, 1.165) is 6.26 Å². The Hall–Kier alpha value is -0.670. The lowest BCUT2D eigenvalue weighted by atomic mass is 10.3. The second-order valence-electron chi connectivity index (χ2n) is 4.35. The summed E-state index contributed by atoms with van der Waals surface area (Å²) in [6.07, 6.45) is 0.973. The molecule has 1 aliphatic rings. The molecular formula is C9H18N2O5S2. The number of hydrogen-bond acceptors (Lipinski definition) is 6. The molecule has 0 aliphatic carbocycles. The highest BCUT2D eigenvalue weighted by molar-refractivity contribution is 7.95. The van der Waals surface area contributed by atoms with Crippen molar-refractivity contribution >= 4 is 25.6 Å². The molecule has 0 unspecified atom stereocenters. The number of rotatable bonds is 5. The Kier molecular flexibility index (Phi) is 5.11. The molecule has 0 radical (unpaired) electrons. The summed E-state index contributed by atoms with van der Waals surface area (Å²) in [5.74, 6) is -2.00. The molecule has 0 atom stereocenters. The zero-order chi connectivity index (χ0) is 13.8. The van der Waals surface area contributed by atoms with Gasteiger partial charge in [-0.1, -0.05) is 0 Å². The maximum atomic E-state index is 11.7. The molecule has 0 saturated carbocycles. The van der Waals surface area contributed by atoms with Crippen LogP contribution >= 0.6 is 0 Å². The van der Waals surface area contributed by atoms with Gasteiger partial charge in [-0.25, -0.2) is 16.8 Å². The van der Waals surface area contributed by atoms with Crippen LogP contribution in [0.25, 0.3) is 0 Å². The van der Waals surface area contributed by atoms with Gasteiger partial charge in [0.2, 0.25) is 5.91 Å². The average Bonchev–Trinajstić information content (AvgIpc) is 2.26. The number of amides is 1. The lowest BCUT2D eigenvalue weighted by molar-refractivity contribution is -0.128. The van der Waals surface area contributed by atoms with Crippen LogP contribution in [0, 0.1) is 0 Å². The number of nitrogens with one attached hydrogen (secondary N) is 1. The van der Waals surface area contributed by atoms with Gasteiger partial charge in [-0.15, -0.1) is 0 Å². The Morgan fingerprint density at radius 1 is 1.11 bits per heavy atom. The maximum absolute atomic E-state index is 11.7. The van der Waals surface area contributed by atoms with E-state index in [-0.39, 0.29) is 0 Å². The van der Waals surface area contributed by atoms with Gasteiger partial charge in [-0.05, 0) is 0 Å². The summed E-state index contributed by atoms with van der Waals surface area (Å²) in [5.41, 5.74) is 0. The van der Waals surface area contributed by atoms with E-state index >= 15 is 0 Å². The molecule has 106 valence electrons. The Morgan fingerprint density at radius 3 is 2.17 bits per heavy atom. The fourth-order valence-corrected chi connectivity index (χ4v) is 4.47. The molecule has 1 rings (SSSR count). The van der Waals surface area contributed by atoms with Gasteiger partial charge >= 0.3 is 0 Å². The highest BCUT2D eigenvalue weighted by atomic mass is 32.2. The van der Waals surface area contributed by atoms with Crippen molar-refractivity contribution in [2.75, 3.05) is 49.7 Å². The largest absolute Gasteiger partial charge is 0.339 e. The summed E-state index contributed by atoms with van der Waals surface area (Å²) in [5, 5.41) is 3.05. The van der Waals surface area contributed by atoms with E-state index in [4.69, 9.17) is 0 Å². The van der Waals surface area contributed by atoms with E-state index in [0.29, 0.717) is 26.2 Å². The first-order chi connectivity index (χ1) is 8.20. The monoisotopic (exact) mass is 298 g/mol. The Balaban J connectivity index is 2.51. The minimum absolute atomic E-state index is 0.440. The van der Waals surface area contributed by atoms with Crippen molar-refractivity contribution in [3.8, 4) is 0 Å². The second kappa shape index (κ2) is 5.98. The van der Waals surface area contributed by atoms with E-state index < -0.39 is 42.8 Å². The Morgan fingerprint density at radius 2 is 1.67 bits per heavy atom. The lowest BCUT2D eigenvalue weighted by Crippen LogP contribution is -2.48. The van der Waals surface area contributed by atoms with Crippen LogP contribution in [-0.2, 0) is 24.5 Å². The number of carbonyl (C=O) groups is 1. The van der Waals surface area contributed by atoms with Crippen molar-refractivity contribution < 1.29 is 21.6 Å². The molecule has 0 aromatic rings. The zero-order valence-electron chi connectivity index (χ0n) is 10.3. The molecule has 1 fully saturated rings. The normalized spacial score (nSPS) is 17.7. The van der Waals surface area contributed by atoms with E-state index in [2.05, 4.69) is 5.32 Å². The Bertz CT molecular complexity index is 491. The van der Waals surface area contributed by atoms with E-state index in [9.17, 15) is 21.6 Å². The molecule has 0 bridgehead atoms. The van der Waals surface area contributed by atoms with Gasteiger partial charge < -0.3 is 10.2 Å². The van der Waals surface area contributed by atoms with Crippen LogP contribution in [0.5, 0.6) is 0 Å². The van der Waals surface area contributed by atoms with E-state index in [1.54, 1.807) is 0 Å². The third-order valence-electron chi connectivity index (χ3n) is 2.58. The predicted molar refractivity (Wildman–Crippen MR) is 67.8 cm³/mol. The molecule has 0 spiro atoms. The molecule has 1 heterocycles. The minimum atomic E-state index is -3.65. The van der Waals surface area contributed by atoms with Crippen LogP contribution in [0.15, 0.2) is 0 Å². The quantitative estimate of drug-likeness (QED) is 0.623. The SMILES string of the molecule is CS(=O)(=O)CCS(=O)(=O)CC(=O)N1CCNCC1. The molecule has 18 heavy (non-hydrogen) atoms. The molecule has 1 N–H and O–H groups in total. The summed E-state index contributed by atoms with van der Waals surface area (Å²) in [7, 11) is -6.99. The predicted octanol–water partition coefficient (Wildman–Crippen LogP) is -2.12. The first-order valence-electron chi connectivity index (χ1n) is 5.56. The van der Waals surface area contributed by atoms with Gasteiger partial charge in [0.05, 0.1) is 11.5 Å². The number of sulfone groups is 2. The fraction of sp³-hybridized carbons (Fsp3) is 0.889. The highest BCUT2D eigenvalue weighted by Gasteiger charge is 2.23. The maximum Gasteiger partial charge on any atom is 0.237 e. The molecule has 1 amide bonds. The van der Waals surface area contributed by atoms with Crippen LogP contribution in [0.4, 0.5) is 0 Å². The first-order valence-corrected chi connectivity index (χ1v) is 9.44. The number of hydrogen-bond donors (Lipinski definition) is 1. The van der Waals surface area contributed by atoms with Gasteiger partial charge in [0, 0.05) is 32.4 Å². The van der Waals surface area contributed by atoms with Crippen LogP contribution in [-0.4, -0.2) is 77.3 Å². The van der Waals surface area contributed by atoms with Crippen molar-refractivity contribution in [1.82, 2.24) is 10.2 Å². The third-order valence-corrected chi connectivity index (χ3v) is 5.30. The molecule has 1 saturated heterocycles. The van der Waals surface area contributed by atoms with Gasteiger partial charge in [0.25, 0.3) is 0 Å². The van der Waals surface area contributed by atoms with Crippen molar-refractivity contribution in [3.05, 3.63) is 0 Å². The molecule has 0 aromatic carbocycles. The van der Waals surface area contributed by atoms with Crippen LogP contribution in [0.2, 0.25) is 0 Å². The minimum Gasteiger partial charge on any atom is -0.339 e. The molecule has 9 heteroatoms. The van der Waals surface area contributed by atoms with Gasteiger partial charge in [0.1, 0.15) is 15.6 Å². The molecule has 7 nitrogen and oxygen atoms in total. The first kappa shape index (κ1) is 15.4. The zero-order valence-corrected chi connectivity index (χ0v) is 11.9. The highest BCUT2D eigenvalue weighted by Crippen LogP contribution is 2.00. The van der Waals surface area contributed by atoms with Crippen molar-refractivity contribution in [2.24, 2.45) is 0 Å². The smallest absolute Gasteiger partial charge is 0.237 e. The average molecular weight is 298 g/mol. The third kappa shape index (κ3) is 5.78. The summed E-state index contributed by atoms with van der Waals surface area (Å²) in [6.45, 7) is 2.27. The Labute approximate surface area is 107 Å². The van der Waals surface area contributed by atoms with Crippen molar-refractivity contribution in [3.63, 3.8) is 0 Å². The lowest BCUT2D eigenvalue weighted by Gasteiger charge is -2.27. The van der Waals surface area contributed by atoms with E-state index in [1.165, 1.54) is 4.90 Å². The molecular weight excluding hydrogens is 280 g/mol. The number of nitrogens with zero attached hydrogens (tertiary/aromatic N) is 1. The second-order valence-corrected chi connectivity index (χ2v) is 8.80.